The molecule has 8 heteroatoms. The van der Waals surface area contributed by atoms with Gasteiger partial charge in [0.2, 0.25) is 0 Å². The summed E-state index contributed by atoms with van der Waals surface area (Å²) in [4.78, 5) is 26.8. The molecule has 140 valence electrons. The van der Waals surface area contributed by atoms with E-state index in [-0.39, 0.29) is 6.54 Å². The average molecular weight is 441 g/mol. The maximum absolute atomic E-state index is 13.4. The van der Waals surface area contributed by atoms with Gasteiger partial charge in [-0.05, 0) is 31.2 Å². The number of hydrogen-bond donors (Lipinski definition) is 1. The van der Waals surface area contributed by atoms with Gasteiger partial charge in [-0.25, -0.2) is 9.18 Å². The quantitative estimate of drug-likeness (QED) is 0.630. The van der Waals surface area contributed by atoms with Crippen LogP contribution in [0.15, 0.2) is 53.3 Å². The number of pyridine rings is 1. The number of aromatic nitrogens is 1. The van der Waals surface area contributed by atoms with E-state index in [2.05, 4.69) is 27.3 Å². The lowest BCUT2D eigenvalue weighted by molar-refractivity contribution is -0.131. The van der Waals surface area contributed by atoms with Crippen molar-refractivity contribution in [2.45, 2.75) is 19.0 Å². The van der Waals surface area contributed by atoms with Crippen molar-refractivity contribution >= 4 is 33.4 Å². The molecule has 0 radical (unpaired) electrons. The molecule has 0 aliphatic carbocycles. The van der Waals surface area contributed by atoms with Gasteiger partial charge in [-0.15, -0.1) is 0 Å². The van der Waals surface area contributed by atoms with Gasteiger partial charge in [-0.2, -0.15) is 5.26 Å². The highest BCUT2D eigenvalue weighted by Crippen LogP contribution is 2.35. The van der Waals surface area contributed by atoms with E-state index in [9.17, 15) is 19.2 Å². The van der Waals surface area contributed by atoms with Crippen molar-refractivity contribution in [2.75, 3.05) is 0 Å². The summed E-state index contributed by atoms with van der Waals surface area (Å²) < 4.78 is 15.6. The number of nitriles is 1. The number of hydrogen-bond acceptors (Lipinski definition) is 3. The number of benzene rings is 1. The molecule has 6 nitrogen and oxygen atoms in total. The molecule has 1 saturated heterocycles. The molecule has 0 spiro atoms. The van der Waals surface area contributed by atoms with Crippen LogP contribution in [0.2, 0.25) is 0 Å². The maximum Gasteiger partial charge on any atom is 0.325 e. The van der Waals surface area contributed by atoms with Gasteiger partial charge < -0.3 is 9.72 Å². The zero-order chi connectivity index (χ0) is 20.1. The summed E-state index contributed by atoms with van der Waals surface area (Å²) in [5.74, 6) is -0.920. The number of carbonyl (C=O) groups excluding carboxylic acids is 2. The van der Waals surface area contributed by atoms with E-state index in [4.69, 9.17) is 0 Å². The van der Waals surface area contributed by atoms with Gasteiger partial charge in [0.15, 0.2) is 0 Å². The molecule has 3 heterocycles. The van der Waals surface area contributed by atoms with Crippen LogP contribution in [0.1, 0.15) is 23.6 Å². The van der Waals surface area contributed by atoms with Gasteiger partial charge in [0.25, 0.3) is 5.91 Å². The second-order valence-corrected chi connectivity index (χ2v) is 7.56. The lowest BCUT2D eigenvalue weighted by atomic mass is 9.92. The number of nitrogens with zero attached hydrogens (tertiary/aromatic N) is 3. The van der Waals surface area contributed by atoms with Gasteiger partial charge in [-0.1, -0.05) is 28.1 Å². The van der Waals surface area contributed by atoms with Crippen molar-refractivity contribution in [3.63, 3.8) is 0 Å². The number of urea groups is 1. The lowest BCUT2D eigenvalue weighted by Gasteiger charge is -2.23. The normalized spacial score (nSPS) is 19.1. The third kappa shape index (κ3) is 2.67. The molecule has 3 amide bonds. The summed E-state index contributed by atoms with van der Waals surface area (Å²) in [5.41, 5.74) is 0.807. The number of fused-ring (bicyclic) bond motifs is 1. The van der Waals surface area contributed by atoms with Crippen LogP contribution in [-0.2, 0) is 16.9 Å². The van der Waals surface area contributed by atoms with Gasteiger partial charge in [0, 0.05) is 28.0 Å². The second kappa shape index (κ2) is 6.46. The first kappa shape index (κ1) is 18.2. The SMILES string of the molecule is C[C@]1(c2ccc(F)cc2Br)NC(=O)N(Cc2cn3ccccc3c2C#N)C1=O. The Bertz CT molecular complexity index is 1180. The maximum atomic E-state index is 13.4. The summed E-state index contributed by atoms with van der Waals surface area (Å²) >= 11 is 3.26. The third-order valence-corrected chi connectivity index (χ3v) is 5.60. The highest BCUT2D eigenvalue weighted by molar-refractivity contribution is 9.10. The smallest absolute Gasteiger partial charge is 0.322 e. The molecule has 0 bridgehead atoms. The van der Waals surface area contributed by atoms with E-state index < -0.39 is 23.3 Å². The molecular weight excluding hydrogens is 427 g/mol. The highest BCUT2D eigenvalue weighted by atomic mass is 79.9. The Morgan fingerprint density at radius 1 is 1.29 bits per heavy atom. The average Bonchev–Trinajstić information content (AvgIpc) is 3.11. The fraction of sp³-hybridized carbons (Fsp3) is 0.150. The lowest BCUT2D eigenvalue weighted by Crippen LogP contribution is -2.41. The van der Waals surface area contributed by atoms with Crippen LogP contribution in [0.5, 0.6) is 0 Å². The first-order valence-corrected chi connectivity index (χ1v) is 9.23. The van der Waals surface area contributed by atoms with Crippen LogP contribution in [0.25, 0.3) is 5.52 Å². The molecule has 1 aliphatic rings. The monoisotopic (exact) mass is 440 g/mol. The minimum absolute atomic E-state index is 0.0381. The summed E-state index contributed by atoms with van der Waals surface area (Å²) in [6.45, 7) is 1.54. The van der Waals surface area contributed by atoms with Gasteiger partial charge in [0.1, 0.15) is 17.4 Å². The number of halogens is 2. The molecule has 4 rings (SSSR count). The van der Waals surface area contributed by atoms with Crippen LogP contribution >= 0.6 is 15.9 Å². The highest BCUT2D eigenvalue weighted by Gasteiger charge is 2.50. The zero-order valence-electron chi connectivity index (χ0n) is 14.7. The Balaban J connectivity index is 1.72. The molecule has 0 saturated carbocycles. The van der Waals surface area contributed by atoms with E-state index in [1.165, 1.54) is 18.2 Å². The standard InChI is InChI=1S/C20H14BrFN4O2/c1-20(15-6-5-13(22)8-16(15)21)18(27)26(19(28)24-20)11-12-10-25-7-3-2-4-17(25)14(12)9-23/h2-8,10H,11H2,1H3,(H,24,28)/t20-/m1/s1. The predicted octanol–water partition coefficient (Wildman–Crippen LogP) is 3.68. The Hall–Kier alpha value is -3.18. The number of amides is 3. The Morgan fingerprint density at radius 2 is 2.07 bits per heavy atom. The summed E-state index contributed by atoms with van der Waals surface area (Å²) in [6, 6.07) is 11.0. The topological polar surface area (TPSA) is 77.6 Å². The summed E-state index contributed by atoms with van der Waals surface area (Å²) in [7, 11) is 0. The number of imide groups is 1. The molecule has 1 N–H and O–H groups in total. The van der Waals surface area contributed by atoms with E-state index in [1.807, 2.05) is 12.1 Å². The van der Waals surface area contributed by atoms with Gasteiger partial charge in [-0.3, -0.25) is 9.69 Å². The van der Waals surface area contributed by atoms with E-state index in [0.29, 0.717) is 26.7 Å². The first-order chi connectivity index (χ1) is 13.3. The van der Waals surface area contributed by atoms with E-state index in [0.717, 1.165) is 4.90 Å². The van der Waals surface area contributed by atoms with Crippen molar-refractivity contribution in [1.29, 1.82) is 5.26 Å². The van der Waals surface area contributed by atoms with Gasteiger partial charge >= 0.3 is 6.03 Å². The van der Waals surface area contributed by atoms with Crippen LogP contribution < -0.4 is 5.32 Å². The number of nitrogens with one attached hydrogen (secondary N) is 1. The van der Waals surface area contributed by atoms with Gasteiger partial charge in [0.05, 0.1) is 17.6 Å². The number of rotatable bonds is 3. The molecule has 28 heavy (non-hydrogen) atoms. The predicted molar refractivity (Wildman–Crippen MR) is 103 cm³/mol. The fourth-order valence-electron chi connectivity index (χ4n) is 3.51. The molecule has 1 fully saturated rings. The van der Waals surface area contributed by atoms with Crippen LogP contribution in [-0.4, -0.2) is 21.2 Å². The Kier molecular flexibility index (Phi) is 4.20. The van der Waals surface area contributed by atoms with Crippen LogP contribution in [0.3, 0.4) is 0 Å². The Morgan fingerprint density at radius 3 is 2.79 bits per heavy atom. The van der Waals surface area contributed by atoms with Crippen molar-refractivity contribution in [3.8, 4) is 6.07 Å². The molecule has 0 unspecified atom stereocenters. The van der Waals surface area contributed by atoms with Crippen molar-refractivity contribution in [2.24, 2.45) is 0 Å². The second-order valence-electron chi connectivity index (χ2n) is 6.70. The van der Waals surface area contributed by atoms with Crippen LogP contribution in [0, 0.1) is 17.1 Å². The molecular formula is C20H14BrFN4O2. The van der Waals surface area contributed by atoms with Crippen molar-refractivity contribution in [1.82, 2.24) is 14.6 Å². The first-order valence-electron chi connectivity index (χ1n) is 8.43. The Labute approximate surface area is 168 Å². The minimum atomic E-state index is -1.34. The minimum Gasteiger partial charge on any atom is -0.322 e. The van der Waals surface area contributed by atoms with E-state index in [1.54, 1.807) is 29.8 Å². The largest absolute Gasteiger partial charge is 0.325 e. The molecule has 1 aliphatic heterocycles. The van der Waals surface area contributed by atoms with Crippen LogP contribution in [0.4, 0.5) is 9.18 Å². The molecule has 3 aromatic rings. The summed E-state index contributed by atoms with van der Waals surface area (Å²) in [5, 5.41) is 12.2. The number of carbonyl (C=O) groups is 2. The zero-order valence-corrected chi connectivity index (χ0v) is 16.3. The third-order valence-electron chi connectivity index (χ3n) is 4.95. The molecule has 1 aromatic carbocycles. The summed E-state index contributed by atoms with van der Waals surface area (Å²) in [6.07, 6.45) is 3.53. The van der Waals surface area contributed by atoms with E-state index >= 15 is 0 Å². The van der Waals surface area contributed by atoms with Crippen molar-refractivity contribution < 1.29 is 14.0 Å². The molecule has 2 aromatic heterocycles. The fourth-order valence-corrected chi connectivity index (χ4v) is 4.26. The van der Waals surface area contributed by atoms with Crippen molar-refractivity contribution in [3.05, 3.63) is 75.8 Å². The molecule has 1 atom stereocenters.